The van der Waals surface area contributed by atoms with Crippen molar-refractivity contribution >= 4 is 29.3 Å². The second-order valence-corrected chi connectivity index (χ2v) is 4.73. The number of benzene rings is 1. The lowest BCUT2D eigenvalue weighted by molar-refractivity contribution is -0.154. The van der Waals surface area contributed by atoms with E-state index in [0.29, 0.717) is 6.07 Å². The van der Waals surface area contributed by atoms with Gasteiger partial charge in [0.25, 0.3) is 0 Å². The first-order valence-electron chi connectivity index (χ1n) is 5.93. The summed E-state index contributed by atoms with van der Waals surface area (Å²) in [6, 6.07) is 0.706. The average molecular weight is 321 g/mol. The number of carbonyl (C=O) groups excluding carboxylic acids is 1. The number of hydrogen-bond donors (Lipinski definition) is 2. The van der Waals surface area contributed by atoms with Gasteiger partial charge in [0.1, 0.15) is 5.82 Å². The van der Waals surface area contributed by atoms with E-state index in [1.165, 1.54) is 0 Å². The molecule has 2 N–H and O–H groups in total. The van der Waals surface area contributed by atoms with E-state index in [4.69, 9.17) is 21.4 Å². The molecule has 114 valence electrons. The molecule has 1 aromatic rings. The molecule has 9 heteroatoms. The molecule has 1 unspecified atom stereocenters. The molecule has 2 amide bonds. The Morgan fingerprint density at radius 1 is 1.43 bits per heavy atom. The molecule has 1 heterocycles. The smallest absolute Gasteiger partial charge is 0.334 e. The predicted octanol–water partition coefficient (Wildman–Crippen LogP) is 1.94. The molecule has 6 nitrogen and oxygen atoms in total. The van der Waals surface area contributed by atoms with Crippen molar-refractivity contribution in [1.82, 2.24) is 4.90 Å². The first kappa shape index (κ1) is 15.5. The molecule has 1 fully saturated rings. The third-order valence-corrected chi connectivity index (χ3v) is 3.17. The summed E-state index contributed by atoms with van der Waals surface area (Å²) in [4.78, 5) is 23.9. The number of nitrogens with zero attached hydrogens (tertiary/aromatic N) is 1. The molecule has 0 bridgehead atoms. The first-order chi connectivity index (χ1) is 9.88. The zero-order valence-electron chi connectivity index (χ0n) is 10.6. The van der Waals surface area contributed by atoms with Crippen LogP contribution in [0.15, 0.2) is 12.1 Å². The Labute approximate surface area is 123 Å². The third-order valence-electron chi connectivity index (χ3n) is 2.87. The summed E-state index contributed by atoms with van der Waals surface area (Å²) in [5.74, 6) is -3.08. The van der Waals surface area contributed by atoms with E-state index in [1.807, 2.05) is 0 Å². The summed E-state index contributed by atoms with van der Waals surface area (Å²) in [5.41, 5.74) is -0.360. The molecule has 0 saturated carbocycles. The summed E-state index contributed by atoms with van der Waals surface area (Å²) in [6.07, 6.45) is -1.14. The second kappa shape index (κ2) is 6.23. The van der Waals surface area contributed by atoms with Gasteiger partial charge in [0.2, 0.25) is 0 Å². The molecule has 1 aromatic carbocycles. The number of ether oxygens (including phenoxy) is 1. The van der Waals surface area contributed by atoms with Crippen LogP contribution in [-0.4, -0.2) is 47.8 Å². The predicted molar refractivity (Wildman–Crippen MR) is 69.3 cm³/mol. The topological polar surface area (TPSA) is 78.9 Å². The zero-order chi connectivity index (χ0) is 15.6. The van der Waals surface area contributed by atoms with Crippen LogP contribution in [0.2, 0.25) is 5.02 Å². The van der Waals surface area contributed by atoms with Crippen molar-refractivity contribution < 1.29 is 28.2 Å². The van der Waals surface area contributed by atoms with E-state index in [0.717, 1.165) is 11.0 Å². The number of rotatable bonds is 2. The summed E-state index contributed by atoms with van der Waals surface area (Å²) in [7, 11) is 0. The molecule has 2 rings (SSSR count). The van der Waals surface area contributed by atoms with Crippen LogP contribution in [-0.2, 0) is 9.53 Å². The fraction of sp³-hybridized carbons (Fsp3) is 0.333. The molecule has 0 aliphatic carbocycles. The lowest BCUT2D eigenvalue weighted by Crippen LogP contribution is -2.50. The fourth-order valence-electron chi connectivity index (χ4n) is 1.83. The highest BCUT2D eigenvalue weighted by molar-refractivity contribution is 6.33. The van der Waals surface area contributed by atoms with E-state index in [-0.39, 0.29) is 30.4 Å². The maximum absolute atomic E-state index is 13.6. The van der Waals surface area contributed by atoms with Gasteiger partial charge in [-0.15, -0.1) is 0 Å². The Hall–Kier alpha value is -1.93. The minimum absolute atomic E-state index is 0.0457. The number of aliphatic carboxylic acids is 1. The lowest BCUT2D eigenvalue weighted by Gasteiger charge is -2.31. The average Bonchev–Trinajstić information content (AvgIpc) is 2.42. The van der Waals surface area contributed by atoms with Crippen LogP contribution in [0.3, 0.4) is 0 Å². The maximum atomic E-state index is 13.6. The van der Waals surface area contributed by atoms with Crippen molar-refractivity contribution in [2.45, 2.75) is 6.10 Å². The van der Waals surface area contributed by atoms with Crippen LogP contribution in [0, 0.1) is 11.6 Å². The van der Waals surface area contributed by atoms with Crippen LogP contribution >= 0.6 is 11.6 Å². The molecule has 0 spiro atoms. The van der Waals surface area contributed by atoms with Gasteiger partial charge in [0, 0.05) is 12.6 Å². The lowest BCUT2D eigenvalue weighted by atomic mass is 10.2. The fourth-order valence-corrected chi connectivity index (χ4v) is 2.07. The second-order valence-electron chi connectivity index (χ2n) is 4.32. The molecule has 0 radical (unpaired) electrons. The number of anilines is 1. The first-order valence-corrected chi connectivity index (χ1v) is 6.31. The highest BCUT2D eigenvalue weighted by Crippen LogP contribution is 2.26. The van der Waals surface area contributed by atoms with Gasteiger partial charge < -0.3 is 20.1 Å². The number of carboxylic acid groups (broad SMARTS) is 1. The van der Waals surface area contributed by atoms with E-state index < -0.39 is 29.7 Å². The Morgan fingerprint density at radius 2 is 2.14 bits per heavy atom. The number of halogens is 3. The number of urea groups is 1. The summed E-state index contributed by atoms with van der Waals surface area (Å²) >= 11 is 5.66. The highest BCUT2D eigenvalue weighted by Gasteiger charge is 2.29. The van der Waals surface area contributed by atoms with Gasteiger partial charge in [-0.25, -0.2) is 18.4 Å². The Kier molecular flexibility index (Phi) is 4.59. The van der Waals surface area contributed by atoms with Gasteiger partial charge in [0.05, 0.1) is 23.9 Å². The van der Waals surface area contributed by atoms with Gasteiger partial charge in [-0.05, 0) is 6.07 Å². The summed E-state index contributed by atoms with van der Waals surface area (Å²) in [6.45, 7) is 0.0155. The van der Waals surface area contributed by atoms with Crippen molar-refractivity contribution in [1.29, 1.82) is 0 Å². The van der Waals surface area contributed by atoms with E-state index >= 15 is 0 Å². The molecular weight excluding hydrogens is 310 g/mol. The summed E-state index contributed by atoms with van der Waals surface area (Å²) < 4.78 is 31.4. The zero-order valence-corrected chi connectivity index (χ0v) is 11.4. The Morgan fingerprint density at radius 3 is 2.76 bits per heavy atom. The van der Waals surface area contributed by atoms with Crippen LogP contribution < -0.4 is 5.32 Å². The maximum Gasteiger partial charge on any atom is 0.334 e. The molecular formula is C12H11ClF2N2O4. The highest BCUT2D eigenvalue weighted by atomic mass is 35.5. The van der Waals surface area contributed by atoms with Crippen LogP contribution in [0.5, 0.6) is 0 Å². The molecule has 1 atom stereocenters. The molecule has 1 saturated heterocycles. The normalized spacial score (nSPS) is 18.4. The quantitative estimate of drug-likeness (QED) is 0.873. The number of amides is 2. The minimum atomic E-state index is -1.20. The van der Waals surface area contributed by atoms with Crippen molar-refractivity contribution in [2.24, 2.45) is 0 Å². The van der Waals surface area contributed by atoms with Crippen molar-refractivity contribution in [3.05, 3.63) is 28.8 Å². The molecule has 21 heavy (non-hydrogen) atoms. The van der Waals surface area contributed by atoms with Crippen LogP contribution in [0.4, 0.5) is 19.3 Å². The Balaban J connectivity index is 2.10. The number of nitrogens with one attached hydrogen (secondary N) is 1. The number of morpholine rings is 1. The van der Waals surface area contributed by atoms with Gasteiger partial charge >= 0.3 is 12.0 Å². The van der Waals surface area contributed by atoms with E-state index in [2.05, 4.69) is 5.32 Å². The third kappa shape index (κ3) is 3.59. The standard InChI is InChI=1S/C12H11ClF2N2O4/c13-7-3-6(14)4-8(15)10(7)16-12(20)17-1-2-21-9(5-17)11(18)19/h3-4,9H,1-2,5H2,(H,16,20)(H,18,19). The van der Waals surface area contributed by atoms with Gasteiger partial charge in [-0.3, -0.25) is 0 Å². The monoisotopic (exact) mass is 320 g/mol. The van der Waals surface area contributed by atoms with Crippen molar-refractivity contribution in [3.8, 4) is 0 Å². The van der Waals surface area contributed by atoms with E-state index in [1.54, 1.807) is 0 Å². The summed E-state index contributed by atoms with van der Waals surface area (Å²) in [5, 5.41) is 10.8. The molecule has 1 aliphatic rings. The van der Waals surface area contributed by atoms with Crippen LogP contribution in [0.1, 0.15) is 0 Å². The van der Waals surface area contributed by atoms with E-state index in [9.17, 15) is 18.4 Å². The molecule has 0 aromatic heterocycles. The van der Waals surface area contributed by atoms with Gasteiger partial charge in [-0.1, -0.05) is 11.6 Å². The van der Waals surface area contributed by atoms with Gasteiger partial charge in [-0.2, -0.15) is 0 Å². The van der Waals surface area contributed by atoms with Crippen molar-refractivity contribution in [2.75, 3.05) is 25.0 Å². The van der Waals surface area contributed by atoms with Crippen LogP contribution in [0.25, 0.3) is 0 Å². The molecule has 1 aliphatic heterocycles. The van der Waals surface area contributed by atoms with Gasteiger partial charge in [0.15, 0.2) is 11.9 Å². The number of carboxylic acids is 1. The Bertz CT molecular complexity index is 561. The van der Waals surface area contributed by atoms with Crippen molar-refractivity contribution in [3.63, 3.8) is 0 Å². The SMILES string of the molecule is O=C(O)C1CN(C(=O)Nc2c(F)cc(F)cc2Cl)CCO1. The minimum Gasteiger partial charge on any atom is -0.479 e. The largest absolute Gasteiger partial charge is 0.479 e. The number of carbonyl (C=O) groups is 2. The number of hydrogen-bond acceptors (Lipinski definition) is 3.